The van der Waals surface area contributed by atoms with Gasteiger partial charge in [0, 0.05) is 7.05 Å². The van der Waals surface area contributed by atoms with E-state index >= 15 is 0 Å². The molecule has 0 fully saturated rings. The van der Waals surface area contributed by atoms with Crippen molar-refractivity contribution in [3.63, 3.8) is 0 Å². The van der Waals surface area contributed by atoms with Crippen molar-refractivity contribution in [3.05, 3.63) is 54.1 Å². The molecule has 0 saturated heterocycles. The zero-order valence-electron chi connectivity index (χ0n) is 14.9. The lowest BCUT2D eigenvalue weighted by atomic mass is 10.1. The molecule has 1 aliphatic heterocycles. The summed E-state index contributed by atoms with van der Waals surface area (Å²) in [5.41, 5.74) is 1.85. The number of para-hydroxylation sites is 2. The molecular formula is C20H22N2O4. The summed E-state index contributed by atoms with van der Waals surface area (Å²) in [5, 5.41) is 2.56. The van der Waals surface area contributed by atoms with Crippen LogP contribution in [0.4, 0.5) is 5.69 Å². The summed E-state index contributed by atoms with van der Waals surface area (Å²) >= 11 is 0. The van der Waals surface area contributed by atoms with Crippen LogP contribution >= 0.6 is 0 Å². The third kappa shape index (κ3) is 3.79. The molecule has 0 spiro atoms. The normalized spacial score (nSPS) is 15.6. The van der Waals surface area contributed by atoms with Gasteiger partial charge in [0.15, 0.2) is 12.7 Å². The Morgan fingerprint density at radius 2 is 1.92 bits per heavy atom. The van der Waals surface area contributed by atoms with E-state index in [9.17, 15) is 9.59 Å². The van der Waals surface area contributed by atoms with E-state index in [-0.39, 0.29) is 25.0 Å². The number of hydrogen-bond donors (Lipinski definition) is 1. The van der Waals surface area contributed by atoms with Gasteiger partial charge in [-0.05, 0) is 36.2 Å². The van der Waals surface area contributed by atoms with Crippen molar-refractivity contribution in [3.8, 4) is 11.5 Å². The largest absolute Gasteiger partial charge is 0.484 e. The molecule has 1 heterocycles. The maximum atomic E-state index is 12.7. The molecule has 2 aromatic rings. The van der Waals surface area contributed by atoms with Crippen molar-refractivity contribution in [2.24, 2.45) is 0 Å². The number of ether oxygens (including phenoxy) is 2. The lowest BCUT2D eigenvalue weighted by Gasteiger charge is -2.33. The number of carbonyl (C=O) groups is 2. The summed E-state index contributed by atoms with van der Waals surface area (Å²) in [6.07, 6.45) is 0.202. The van der Waals surface area contributed by atoms with Crippen LogP contribution in [-0.2, 0) is 16.0 Å². The van der Waals surface area contributed by atoms with Crippen LogP contribution in [0.3, 0.4) is 0 Å². The van der Waals surface area contributed by atoms with E-state index in [1.807, 2.05) is 30.3 Å². The van der Waals surface area contributed by atoms with E-state index in [1.54, 1.807) is 30.1 Å². The molecule has 0 bridgehead atoms. The summed E-state index contributed by atoms with van der Waals surface area (Å²) in [6, 6.07) is 14.8. The van der Waals surface area contributed by atoms with Gasteiger partial charge in [0.05, 0.1) is 12.2 Å². The minimum atomic E-state index is -0.748. The predicted molar refractivity (Wildman–Crippen MR) is 98.6 cm³/mol. The van der Waals surface area contributed by atoms with Crippen LogP contribution in [0.5, 0.6) is 11.5 Å². The van der Waals surface area contributed by atoms with Crippen molar-refractivity contribution >= 4 is 17.5 Å². The van der Waals surface area contributed by atoms with Gasteiger partial charge >= 0.3 is 0 Å². The summed E-state index contributed by atoms with van der Waals surface area (Å²) in [5.74, 6) is 0.649. The molecule has 0 aromatic heterocycles. The van der Waals surface area contributed by atoms with E-state index in [1.165, 1.54) is 5.56 Å². The van der Waals surface area contributed by atoms with Gasteiger partial charge in [-0.2, -0.15) is 0 Å². The number of rotatable bonds is 5. The minimum absolute atomic E-state index is 0.111. The van der Waals surface area contributed by atoms with Crippen molar-refractivity contribution in [2.45, 2.75) is 19.4 Å². The average molecular weight is 354 g/mol. The first-order chi connectivity index (χ1) is 12.6. The Kier molecular flexibility index (Phi) is 5.41. The Bertz CT molecular complexity index is 789. The van der Waals surface area contributed by atoms with E-state index in [2.05, 4.69) is 12.2 Å². The van der Waals surface area contributed by atoms with Crippen LogP contribution in [0.1, 0.15) is 12.5 Å². The molecule has 6 nitrogen and oxygen atoms in total. The lowest BCUT2D eigenvalue weighted by Crippen LogP contribution is -2.51. The molecule has 3 rings (SSSR count). The molecule has 26 heavy (non-hydrogen) atoms. The zero-order valence-corrected chi connectivity index (χ0v) is 14.9. The highest BCUT2D eigenvalue weighted by Gasteiger charge is 2.33. The molecule has 1 aliphatic rings. The Morgan fingerprint density at radius 1 is 1.19 bits per heavy atom. The van der Waals surface area contributed by atoms with Gasteiger partial charge in [-0.25, -0.2) is 0 Å². The number of carbonyl (C=O) groups excluding carboxylic acids is 2. The van der Waals surface area contributed by atoms with Crippen LogP contribution in [0.15, 0.2) is 48.5 Å². The van der Waals surface area contributed by atoms with E-state index < -0.39 is 6.10 Å². The van der Waals surface area contributed by atoms with E-state index in [0.29, 0.717) is 17.2 Å². The molecule has 0 radical (unpaired) electrons. The summed E-state index contributed by atoms with van der Waals surface area (Å²) in [4.78, 5) is 26.2. The average Bonchev–Trinajstić information content (AvgIpc) is 2.70. The summed E-state index contributed by atoms with van der Waals surface area (Å²) in [6.45, 7) is 2.12. The molecule has 1 N–H and O–H groups in total. The van der Waals surface area contributed by atoms with Gasteiger partial charge in [0.25, 0.3) is 11.8 Å². The summed E-state index contributed by atoms with van der Waals surface area (Å²) in [7, 11) is 1.54. The number of amides is 2. The first kappa shape index (κ1) is 17.8. The van der Waals surface area contributed by atoms with Crippen molar-refractivity contribution < 1.29 is 19.1 Å². The van der Waals surface area contributed by atoms with Crippen molar-refractivity contribution in [1.82, 2.24) is 5.32 Å². The van der Waals surface area contributed by atoms with Crippen molar-refractivity contribution in [1.29, 1.82) is 0 Å². The summed E-state index contributed by atoms with van der Waals surface area (Å²) < 4.78 is 11.3. The zero-order chi connectivity index (χ0) is 18.5. The number of benzene rings is 2. The molecule has 0 aliphatic carbocycles. The molecule has 1 atom stereocenters. The smallest absolute Gasteiger partial charge is 0.265 e. The second-order valence-electron chi connectivity index (χ2n) is 5.98. The maximum absolute atomic E-state index is 12.7. The van der Waals surface area contributed by atoms with Gasteiger partial charge in [-0.1, -0.05) is 31.2 Å². The standard InChI is InChI=1S/C20H22N2O4/c1-3-14-8-10-15(11-9-14)25-13-19(23)22-12-18(20(24)21-2)26-17-7-5-4-6-16(17)22/h4-11,18H,3,12-13H2,1-2H3,(H,21,24)/t18-/m1/s1. The van der Waals surface area contributed by atoms with Gasteiger partial charge in [0.1, 0.15) is 11.5 Å². The van der Waals surface area contributed by atoms with Gasteiger partial charge in [-0.15, -0.1) is 0 Å². The van der Waals surface area contributed by atoms with Gasteiger partial charge in [-0.3, -0.25) is 9.59 Å². The number of nitrogens with one attached hydrogen (secondary N) is 1. The van der Waals surface area contributed by atoms with Gasteiger partial charge < -0.3 is 19.7 Å². The Labute approximate surface area is 152 Å². The van der Waals surface area contributed by atoms with Crippen LogP contribution in [0.2, 0.25) is 0 Å². The second-order valence-corrected chi connectivity index (χ2v) is 5.98. The molecule has 0 unspecified atom stereocenters. The number of aryl methyl sites for hydroxylation is 1. The number of anilines is 1. The Hall–Kier alpha value is -3.02. The van der Waals surface area contributed by atoms with Crippen LogP contribution in [-0.4, -0.2) is 38.1 Å². The molecule has 6 heteroatoms. The second kappa shape index (κ2) is 7.91. The van der Waals surface area contributed by atoms with Crippen LogP contribution < -0.4 is 19.7 Å². The fraction of sp³-hybridized carbons (Fsp3) is 0.300. The van der Waals surface area contributed by atoms with Crippen molar-refractivity contribution in [2.75, 3.05) is 25.1 Å². The van der Waals surface area contributed by atoms with Crippen LogP contribution in [0, 0.1) is 0 Å². The molecule has 2 aromatic carbocycles. The number of hydrogen-bond acceptors (Lipinski definition) is 4. The predicted octanol–water partition coefficient (Wildman–Crippen LogP) is 2.17. The molecule has 2 amide bonds. The highest BCUT2D eigenvalue weighted by molar-refractivity contribution is 5.98. The number of likely N-dealkylation sites (N-methyl/N-ethyl adjacent to an activating group) is 1. The van der Waals surface area contributed by atoms with Crippen LogP contribution in [0.25, 0.3) is 0 Å². The van der Waals surface area contributed by atoms with Gasteiger partial charge in [0.2, 0.25) is 0 Å². The number of fused-ring (bicyclic) bond motifs is 1. The first-order valence-electron chi connectivity index (χ1n) is 8.61. The Morgan fingerprint density at radius 3 is 2.62 bits per heavy atom. The fourth-order valence-electron chi connectivity index (χ4n) is 2.81. The minimum Gasteiger partial charge on any atom is -0.484 e. The fourth-order valence-corrected chi connectivity index (χ4v) is 2.81. The number of nitrogens with zero attached hydrogens (tertiary/aromatic N) is 1. The SMILES string of the molecule is CCc1ccc(OCC(=O)N2C[C@H](C(=O)NC)Oc3ccccc32)cc1. The highest BCUT2D eigenvalue weighted by Crippen LogP contribution is 2.33. The first-order valence-corrected chi connectivity index (χ1v) is 8.61. The third-order valence-electron chi connectivity index (χ3n) is 4.31. The van der Waals surface area contributed by atoms with E-state index in [0.717, 1.165) is 6.42 Å². The molecule has 136 valence electrons. The quantitative estimate of drug-likeness (QED) is 0.894. The monoisotopic (exact) mass is 354 g/mol. The highest BCUT2D eigenvalue weighted by atomic mass is 16.5. The maximum Gasteiger partial charge on any atom is 0.265 e. The Balaban J connectivity index is 1.73. The lowest BCUT2D eigenvalue weighted by molar-refractivity contribution is -0.128. The third-order valence-corrected chi connectivity index (χ3v) is 4.31. The van der Waals surface area contributed by atoms with E-state index in [4.69, 9.17) is 9.47 Å². The molecular weight excluding hydrogens is 332 g/mol. The topological polar surface area (TPSA) is 67.9 Å². The molecule has 0 saturated carbocycles.